The molecule has 1 saturated heterocycles. The molecular weight excluding hydrogens is 244 g/mol. The van der Waals surface area contributed by atoms with Gasteiger partial charge >= 0.3 is 5.97 Å². The molecule has 1 atom stereocenters. The second-order valence-electron chi connectivity index (χ2n) is 4.77. The van der Waals surface area contributed by atoms with Gasteiger partial charge in [-0.25, -0.2) is 4.79 Å². The molecule has 0 aromatic carbocycles. The van der Waals surface area contributed by atoms with Gasteiger partial charge in [-0.15, -0.1) is 0 Å². The van der Waals surface area contributed by atoms with Crippen LogP contribution in [-0.2, 0) is 9.53 Å². The maximum absolute atomic E-state index is 12.5. The average Bonchev–Trinajstić information content (AvgIpc) is 2.86. The lowest BCUT2D eigenvalue weighted by Crippen LogP contribution is -2.41. The van der Waals surface area contributed by atoms with Crippen LogP contribution < -0.4 is 0 Å². The van der Waals surface area contributed by atoms with Crippen LogP contribution in [-0.4, -0.2) is 41.5 Å². The number of carbonyl (C=O) groups excluding carboxylic acids is 2. The number of likely N-dealkylation sites (tertiary alicyclic amines) is 1. The normalized spacial score (nSPS) is 18.5. The molecule has 19 heavy (non-hydrogen) atoms. The third-order valence-electron chi connectivity index (χ3n) is 3.44. The van der Waals surface area contributed by atoms with Gasteiger partial charge in [0.2, 0.25) is 0 Å². The maximum Gasteiger partial charge on any atom is 0.328 e. The summed E-state index contributed by atoms with van der Waals surface area (Å²) in [5.41, 5.74) is 2.13. The van der Waals surface area contributed by atoms with Crippen LogP contribution in [0.4, 0.5) is 0 Å². The van der Waals surface area contributed by atoms with Crippen LogP contribution in [0.1, 0.15) is 34.6 Å². The van der Waals surface area contributed by atoms with E-state index < -0.39 is 6.04 Å². The lowest BCUT2D eigenvalue weighted by molar-refractivity contribution is -0.145. The number of aromatic nitrogens is 1. The van der Waals surface area contributed by atoms with Crippen molar-refractivity contribution < 1.29 is 14.3 Å². The van der Waals surface area contributed by atoms with Gasteiger partial charge in [0.1, 0.15) is 6.04 Å². The van der Waals surface area contributed by atoms with E-state index in [0.29, 0.717) is 24.2 Å². The van der Waals surface area contributed by atoms with Crippen molar-refractivity contribution in [1.82, 2.24) is 9.88 Å². The number of methoxy groups -OCH3 is 1. The van der Waals surface area contributed by atoms with Crippen LogP contribution in [0.25, 0.3) is 0 Å². The molecule has 1 aromatic heterocycles. The van der Waals surface area contributed by atoms with Crippen LogP contribution >= 0.6 is 0 Å². The highest BCUT2D eigenvalue weighted by Gasteiger charge is 2.35. The Labute approximate surface area is 112 Å². The van der Waals surface area contributed by atoms with Crippen LogP contribution in [0.2, 0.25) is 0 Å². The number of hydrogen-bond acceptors (Lipinski definition) is 4. The minimum atomic E-state index is -0.460. The standard InChI is InChI=1S/C14H18N2O3/c1-9-6-7-11(10(2)15-9)13(17)16-8-4-5-12(16)14(18)19-3/h6-7,12H,4-5,8H2,1-3H3. The smallest absolute Gasteiger partial charge is 0.328 e. The summed E-state index contributed by atoms with van der Waals surface area (Å²) in [4.78, 5) is 30.0. The third-order valence-corrected chi connectivity index (χ3v) is 3.44. The molecule has 0 aliphatic carbocycles. The van der Waals surface area contributed by atoms with Crippen LogP contribution in [0.5, 0.6) is 0 Å². The number of aryl methyl sites for hydroxylation is 2. The van der Waals surface area contributed by atoms with E-state index in [1.807, 2.05) is 19.9 Å². The summed E-state index contributed by atoms with van der Waals surface area (Å²) in [5.74, 6) is -0.485. The highest BCUT2D eigenvalue weighted by Crippen LogP contribution is 2.22. The molecular formula is C14H18N2O3. The van der Waals surface area contributed by atoms with Crippen molar-refractivity contribution in [2.45, 2.75) is 32.7 Å². The minimum Gasteiger partial charge on any atom is -0.467 e. The van der Waals surface area contributed by atoms with E-state index >= 15 is 0 Å². The van der Waals surface area contributed by atoms with Gasteiger partial charge in [-0.1, -0.05) is 0 Å². The van der Waals surface area contributed by atoms with Crippen molar-refractivity contribution in [3.63, 3.8) is 0 Å². The molecule has 1 aliphatic rings. The van der Waals surface area contributed by atoms with E-state index in [4.69, 9.17) is 4.74 Å². The zero-order valence-electron chi connectivity index (χ0n) is 11.5. The van der Waals surface area contributed by atoms with E-state index in [1.54, 1.807) is 11.0 Å². The first-order valence-corrected chi connectivity index (χ1v) is 6.37. The lowest BCUT2D eigenvalue weighted by Gasteiger charge is -2.23. The zero-order valence-corrected chi connectivity index (χ0v) is 11.5. The zero-order chi connectivity index (χ0) is 14.0. The second kappa shape index (κ2) is 5.38. The Morgan fingerprint density at radius 2 is 2.11 bits per heavy atom. The molecule has 2 heterocycles. The summed E-state index contributed by atoms with van der Waals surface area (Å²) in [6.45, 7) is 4.28. The number of ether oxygens (including phenoxy) is 1. The predicted molar refractivity (Wildman–Crippen MR) is 69.8 cm³/mol. The Balaban J connectivity index is 2.25. The molecule has 1 aliphatic heterocycles. The summed E-state index contributed by atoms with van der Waals surface area (Å²) < 4.78 is 4.75. The summed E-state index contributed by atoms with van der Waals surface area (Å²) in [5, 5.41) is 0. The van der Waals surface area contributed by atoms with Gasteiger partial charge in [-0.05, 0) is 38.8 Å². The number of hydrogen-bond donors (Lipinski definition) is 0. The Bertz CT molecular complexity index is 513. The lowest BCUT2D eigenvalue weighted by atomic mass is 10.1. The SMILES string of the molecule is COC(=O)C1CCCN1C(=O)c1ccc(C)nc1C. The van der Waals surface area contributed by atoms with Gasteiger partial charge in [0.15, 0.2) is 0 Å². The summed E-state index contributed by atoms with van der Waals surface area (Å²) in [6.07, 6.45) is 1.49. The Morgan fingerprint density at radius 1 is 1.37 bits per heavy atom. The molecule has 1 unspecified atom stereocenters. The first-order chi connectivity index (χ1) is 9.04. The average molecular weight is 262 g/mol. The molecule has 5 nitrogen and oxygen atoms in total. The van der Waals surface area contributed by atoms with Crippen molar-refractivity contribution in [3.8, 4) is 0 Å². The van der Waals surface area contributed by atoms with Crippen molar-refractivity contribution in [1.29, 1.82) is 0 Å². The fourth-order valence-corrected chi connectivity index (χ4v) is 2.46. The van der Waals surface area contributed by atoms with Crippen LogP contribution in [0, 0.1) is 13.8 Å². The van der Waals surface area contributed by atoms with Crippen molar-refractivity contribution in [2.24, 2.45) is 0 Å². The van der Waals surface area contributed by atoms with Crippen molar-refractivity contribution >= 4 is 11.9 Å². The fourth-order valence-electron chi connectivity index (χ4n) is 2.46. The molecule has 0 saturated carbocycles. The maximum atomic E-state index is 12.5. The topological polar surface area (TPSA) is 59.5 Å². The van der Waals surface area contributed by atoms with E-state index in [-0.39, 0.29) is 11.9 Å². The largest absolute Gasteiger partial charge is 0.467 e. The van der Waals surface area contributed by atoms with Crippen LogP contribution in [0.3, 0.4) is 0 Å². The molecule has 1 aromatic rings. The van der Waals surface area contributed by atoms with Gasteiger partial charge in [-0.2, -0.15) is 0 Å². The van der Waals surface area contributed by atoms with Gasteiger partial charge in [-0.3, -0.25) is 9.78 Å². The summed E-state index contributed by atoms with van der Waals surface area (Å²) in [7, 11) is 1.35. The molecule has 1 fully saturated rings. The number of carbonyl (C=O) groups is 2. The minimum absolute atomic E-state index is 0.141. The highest BCUT2D eigenvalue weighted by atomic mass is 16.5. The Morgan fingerprint density at radius 3 is 2.74 bits per heavy atom. The van der Waals surface area contributed by atoms with E-state index in [2.05, 4.69) is 4.98 Å². The number of rotatable bonds is 2. The van der Waals surface area contributed by atoms with Gasteiger partial charge in [0, 0.05) is 12.2 Å². The van der Waals surface area contributed by atoms with Gasteiger partial charge < -0.3 is 9.64 Å². The molecule has 102 valence electrons. The molecule has 0 N–H and O–H groups in total. The van der Waals surface area contributed by atoms with E-state index in [0.717, 1.165) is 12.1 Å². The molecule has 2 rings (SSSR count). The number of amides is 1. The molecule has 0 radical (unpaired) electrons. The first kappa shape index (κ1) is 13.5. The predicted octanol–water partition coefficient (Wildman–Crippen LogP) is 1.48. The van der Waals surface area contributed by atoms with Crippen molar-refractivity contribution in [3.05, 3.63) is 29.1 Å². The van der Waals surface area contributed by atoms with E-state index in [1.165, 1.54) is 7.11 Å². The third kappa shape index (κ3) is 2.59. The number of nitrogens with zero attached hydrogens (tertiary/aromatic N) is 2. The first-order valence-electron chi connectivity index (χ1n) is 6.37. The van der Waals surface area contributed by atoms with Gasteiger partial charge in [0.05, 0.1) is 18.4 Å². The monoisotopic (exact) mass is 262 g/mol. The van der Waals surface area contributed by atoms with Crippen molar-refractivity contribution in [2.75, 3.05) is 13.7 Å². The molecule has 1 amide bonds. The molecule has 0 bridgehead atoms. The summed E-state index contributed by atoms with van der Waals surface area (Å²) in [6, 6.07) is 3.12. The number of pyridine rings is 1. The summed E-state index contributed by atoms with van der Waals surface area (Å²) >= 11 is 0. The Kier molecular flexibility index (Phi) is 3.83. The second-order valence-corrected chi connectivity index (χ2v) is 4.77. The Hall–Kier alpha value is -1.91. The highest BCUT2D eigenvalue weighted by molar-refractivity contribution is 5.98. The van der Waals surface area contributed by atoms with E-state index in [9.17, 15) is 9.59 Å². The quantitative estimate of drug-likeness (QED) is 0.757. The molecule has 5 heteroatoms. The van der Waals surface area contributed by atoms with Crippen LogP contribution in [0.15, 0.2) is 12.1 Å². The molecule has 0 spiro atoms. The fraction of sp³-hybridized carbons (Fsp3) is 0.500. The van der Waals surface area contributed by atoms with Gasteiger partial charge in [0.25, 0.3) is 5.91 Å². The number of esters is 1.